The van der Waals surface area contributed by atoms with Crippen LogP contribution in [0, 0.1) is 0 Å². The second-order valence-corrected chi connectivity index (χ2v) is 6.38. The Hall–Kier alpha value is -3.88. The van der Waals surface area contributed by atoms with Gasteiger partial charge >= 0.3 is 5.97 Å². The number of nitrogen functional groups attached to an aromatic ring is 1. The van der Waals surface area contributed by atoms with Gasteiger partial charge in [0.1, 0.15) is 0 Å². The lowest BCUT2D eigenvalue weighted by Gasteiger charge is -2.12. The fraction of sp³-hybridized carbons (Fsp3) is 0.200. The first-order valence-corrected chi connectivity index (χ1v) is 8.98. The number of benzene rings is 2. The highest BCUT2D eigenvalue weighted by molar-refractivity contribution is 5.97. The molecule has 1 aromatic heterocycles. The minimum absolute atomic E-state index is 0.0456. The molecule has 0 saturated carbocycles. The molecule has 1 heterocycles. The van der Waals surface area contributed by atoms with Gasteiger partial charge < -0.3 is 20.7 Å². The summed E-state index contributed by atoms with van der Waals surface area (Å²) in [5.41, 5.74) is 8.23. The number of esters is 1. The maximum atomic E-state index is 12.7. The molecule has 0 atom stereocenters. The van der Waals surface area contributed by atoms with E-state index in [0.29, 0.717) is 16.8 Å². The van der Waals surface area contributed by atoms with Gasteiger partial charge in [-0.2, -0.15) is 9.67 Å². The summed E-state index contributed by atoms with van der Waals surface area (Å²) < 4.78 is 6.02. The molecular formula is C20H22N6O3. The van der Waals surface area contributed by atoms with Crippen molar-refractivity contribution in [2.45, 2.75) is 6.92 Å². The quantitative estimate of drug-likeness (QED) is 0.613. The Kier molecular flexibility index (Phi) is 5.77. The van der Waals surface area contributed by atoms with Crippen LogP contribution in [-0.4, -0.2) is 47.3 Å². The molecule has 3 aromatic rings. The van der Waals surface area contributed by atoms with Crippen molar-refractivity contribution in [1.82, 2.24) is 14.8 Å². The summed E-state index contributed by atoms with van der Waals surface area (Å²) in [7, 11) is 3.84. The molecule has 9 heteroatoms. The molecule has 29 heavy (non-hydrogen) atoms. The van der Waals surface area contributed by atoms with Gasteiger partial charge in [-0.15, -0.1) is 5.10 Å². The summed E-state index contributed by atoms with van der Waals surface area (Å²) >= 11 is 0. The van der Waals surface area contributed by atoms with E-state index in [2.05, 4.69) is 15.4 Å². The zero-order valence-electron chi connectivity index (χ0n) is 16.4. The van der Waals surface area contributed by atoms with Crippen LogP contribution >= 0.6 is 0 Å². The molecule has 0 fully saturated rings. The van der Waals surface area contributed by atoms with Crippen LogP contribution in [0.1, 0.15) is 27.6 Å². The van der Waals surface area contributed by atoms with E-state index in [-0.39, 0.29) is 18.5 Å². The number of carbonyl (C=O) groups is 2. The van der Waals surface area contributed by atoms with Crippen LogP contribution in [0.2, 0.25) is 0 Å². The number of nitrogens with two attached hydrogens (primary N) is 1. The standard InChI is InChI=1S/C20H22N6O3/c1-4-29-18(28)14-6-5-7-15(12-14)22-20-23-19(21)26(24-20)17(27)13-8-10-16(11-9-13)25(2)3/h5-12H,4H2,1-3H3,(H3,21,22,23,24). The summed E-state index contributed by atoms with van der Waals surface area (Å²) in [5, 5.41) is 7.09. The van der Waals surface area contributed by atoms with Gasteiger partial charge in [0.05, 0.1) is 12.2 Å². The second-order valence-electron chi connectivity index (χ2n) is 6.38. The van der Waals surface area contributed by atoms with Crippen molar-refractivity contribution in [3.05, 3.63) is 59.7 Å². The number of nitrogens with one attached hydrogen (secondary N) is 1. The minimum atomic E-state index is -0.425. The molecule has 0 spiro atoms. The molecule has 0 aliphatic heterocycles. The molecule has 0 aliphatic carbocycles. The van der Waals surface area contributed by atoms with Crippen LogP contribution in [0.15, 0.2) is 48.5 Å². The van der Waals surface area contributed by atoms with Crippen molar-refractivity contribution in [3.8, 4) is 0 Å². The molecule has 150 valence electrons. The van der Waals surface area contributed by atoms with Crippen LogP contribution in [0.5, 0.6) is 0 Å². The molecule has 0 unspecified atom stereocenters. The van der Waals surface area contributed by atoms with E-state index in [1.165, 1.54) is 0 Å². The summed E-state index contributed by atoms with van der Waals surface area (Å²) in [4.78, 5) is 30.6. The molecule has 0 saturated heterocycles. The third-order valence-corrected chi connectivity index (χ3v) is 4.09. The predicted molar refractivity (Wildman–Crippen MR) is 111 cm³/mol. The average molecular weight is 394 g/mol. The van der Waals surface area contributed by atoms with Gasteiger partial charge in [0, 0.05) is 31.0 Å². The SMILES string of the molecule is CCOC(=O)c1cccc(Nc2nc(N)n(C(=O)c3ccc(N(C)C)cc3)n2)c1. The van der Waals surface area contributed by atoms with Crippen molar-refractivity contribution in [1.29, 1.82) is 0 Å². The van der Waals surface area contributed by atoms with Gasteiger partial charge in [-0.3, -0.25) is 4.79 Å². The Balaban J connectivity index is 1.79. The van der Waals surface area contributed by atoms with Crippen LogP contribution in [0.3, 0.4) is 0 Å². The highest BCUT2D eigenvalue weighted by Crippen LogP contribution is 2.18. The summed E-state index contributed by atoms with van der Waals surface area (Å²) in [6, 6.07) is 13.8. The largest absolute Gasteiger partial charge is 0.462 e. The molecule has 2 aromatic carbocycles. The van der Waals surface area contributed by atoms with Crippen molar-refractivity contribution in [3.63, 3.8) is 0 Å². The predicted octanol–water partition coefficient (Wildman–Crippen LogP) is 2.54. The first kappa shape index (κ1) is 19.9. The first-order chi connectivity index (χ1) is 13.9. The van der Waals surface area contributed by atoms with Crippen molar-refractivity contribution in [2.24, 2.45) is 0 Å². The molecule has 0 radical (unpaired) electrons. The highest BCUT2D eigenvalue weighted by Gasteiger charge is 2.16. The lowest BCUT2D eigenvalue weighted by atomic mass is 10.2. The number of hydrogen-bond acceptors (Lipinski definition) is 8. The lowest BCUT2D eigenvalue weighted by Crippen LogP contribution is -2.17. The zero-order chi connectivity index (χ0) is 21.0. The zero-order valence-corrected chi connectivity index (χ0v) is 16.4. The lowest BCUT2D eigenvalue weighted by molar-refractivity contribution is 0.0526. The van der Waals surface area contributed by atoms with E-state index in [1.807, 2.05) is 31.1 Å². The van der Waals surface area contributed by atoms with E-state index in [9.17, 15) is 9.59 Å². The number of ether oxygens (including phenoxy) is 1. The molecule has 0 bridgehead atoms. The Bertz CT molecular complexity index is 1030. The van der Waals surface area contributed by atoms with E-state index in [1.54, 1.807) is 43.3 Å². The monoisotopic (exact) mass is 394 g/mol. The third kappa shape index (κ3) is 4.52. The van der Waals surface area contributed by atoms with Crippen molar-refractivity contribution >= 4 is 35.1 Å². The molecule has 3 N–H and O–H groups in total. The first-order valence-electron chi connectivity index (χ1n) is 8.98. The normalized spacial score (nSPS) is 10.4. The molecule has 0 aliphatic rings. The Morgan fingerprint density at radius 2 is 1.86 bits per heavy atom. The fourth-order valence-corrected chi connectivity index (χ4v) is 2.62. The highest BCUT2D eigenvalue weighted by atomic mass is 16.5. The van der Waals surface area contributed by atoms with Gasteiger partial charge in [0.25, 0.3) is 5.91 Å². The fourth-order valence-electron chi connectivity index (χ4n) is 2.62. The van der Waals surface area contributed by atoms with Gasteiger partial charge in [0.15, 0.2) is 0 Å². The molecular weight excluding hydrogens is 372 g/mol. The van der Waals surface area contributed by atoms with Gasteiger partial charge in [-0.1, -0.05) is 6.07 Å². The smallest absolute Gasteiger partial charge is 0.338 e. The molecule has 0 amide bonds. The summed E-state index contributed by atoms with van der Waals surface area (Å²) in [6.07, 6.45) is 0. The third-order valence-electron chi connectivity index (χ3n) is 4.09. The molecule has 9 nitrogen and oxygen atoms in total. The van der Waals surface area contributed by atoms with E-state index < -0.39 is 11.9 Å². The topological polar surface area (TPSA) is 115 Å². The molecule has 3 rings (SSSR count). The van der Waals surface area contributed by atoms with E-state index >= 15 is 0 Å². The maximum absolute atomic E-state index is 12.7. The van der Waals surface area contributed by atoms with E-state index in [4.69, 9.17) is 10.5 Å². The average Bonchev–Trinajstić information content (AvgIpc) is 3.07. The Morgan fingerprint density at radius 1 is 1.14 bits per heavy atom. The van der Waals surface area contributed by atoms with Gasteiger partial charge in [-0.05, 0) is 49.4 Å². The number of hydrogen-bond donors (Lipinski definition) is 2. The Morgan fingerprint density at radius 3 is 2.52 bits per heavy atom. The van der Waals surface area contributed by atoms with Crippen LogP contribution in [-0.2, 0) is 4.74 Å². The van der Waals surface area contributed by atoms with Crippen molar-refractivity contribution in [2.75, 3.05) is 36.7 Å². The second kappa shape index (κ2) is 8.42. The van der Waals surface area contributed by atoms with Crippen LogP contribution in [0.4, 0.5) is 23.3 Å². The van der Waals surface area contributed by atoms with Gasteiger partial charge in [0.2, 0.25) is 11.9 Å². The summed E-state index contributed by atoms with van der Waals surface area (Å²) in [5.74, 6) is -0.725. The van der Waals surface area contributed by atoms with Crippen LogP contribution < -0.4 is 16.0 Å². The summed E-state index contributed by atoms with van der Waals surface area (Å²) in [6.45, 7) is 2.03. The maximum Gasteiger partial charge on any atom is 0.338 e. The Labute approximate surface area is 168 Å². The number of aromatic nitrogens is 3. The van der Waals surface area contributed by atoms with E-state index in [0.717, 1.165) is 10.4 Å². The van der Waals surface area contributed by atoms with Gasteiger partial charge in [-0.25, -0.2) is 4.79 Å². The van der Waals surface area contributed by atoms with Crippen LogP contribution in [0.25, 0.3) is 0 Å². The number of rotatable bonds is 6. The number of carbonyl (C=O) groups excluding carboxylic acids is 2. The number of anilines is 4. The van der Waals surface area contributed by atoms with Crippen molar-refractivity contribution < 1.29 is 14.3 Å². The minimum Gasteiger partial charge on any atom is -0.462 e. The number of nitrogens with zero attached hydrogens (tertiary/aromatic N) is 4.